The largest absolute Gasteiger partial charge is 0.493 e. The van der Waals surface area contributed by atoms with Gasteiger partial charge in [-0.1, -0.05) is 19.9 Å². The van der Waals surface area contributed by atoms with Gasteiger partial charge in [0.2, 0.25) is 0 Å². The van der Waals surface area contributed by atoms with Crippen LogP contribution < -0.4 is 20.9 Å². The predicted molar refractivity (Wildman–Crippen MR) is 103 cm³/mol. The zero-order valence-electron chi connectivity index (χ0n) is 16.6. The minimum Gasteiger partial charge on any atom is -0.493 e. The molecular weight excluding hydrogens is 374 g/mol. The molecule has 8 heteroatoms. The number of primary amides is 1. The van der Waals surface area contributed by atoms with E-state index in [0.29, 0.717) is 41.2 Å². The lowest BCUT2D eigenvalue weighted by atomic mass is 9.70. The van der Waals surface area contributed by atoms with Gasteiger partial charge in [0.05, 0.1) is 18.6 Å². The van der Waals surface area contributed by atoms with Crippen LogP contribution in [0.2, 0.25) is 0 Å². The molecule has 29 heavy (non-hydrogen) atoms. The van der Waals surface area contributed by atoms with Crippen molar-refractivity contribution in [2.24, 2.45) is 16.9 Å². The fourth-order valence-corrected chi connectivity index (χ4v) is 3.86. The van der Waals surface area contributed by atoms with E-state index in [2.05, 4.69) is 0 Å². The minimum absolute atomic E-state index is 0.0320. The monoisotopic (exact) mass is 397 g/mol. The van der Waals surface area contributed by atoms with E-state index in [1.54, 1.807) is 18.2 Å². The number of rotatable bonds is 5. The van der Waals surface area contributed by atoms with Gasteiger partial charge in [-0.25, -0.2) is 0 Å². The zero-order chi connectivity index (χ0) is 21.3. The van der Waals surface area contributed by atoms with Crippen LogP contribution in [0.25, 0.3) is 0 Å². The molecule has 8 nitrogen and oxygen atoms in total. The number of amides is 1. The zero-order valence-corrected chi connectivity index (χ0v) is 16.6. The second kappa shape index (κ2) is 7.51. The fraction of sp³-hybridized carbons (Fsp3) is 0.381. The van der Waals surface area contributed by atoms with Gasteiger partial charge in [-0.3, -0.25) is 9.59 Å². The molecule has 3 rings (SSSR count). The van der Waals surface area contributed by atoms with E-state index in [1.807, 2.05) is 19.9 Å². The molecule has 0 fully saturated rings. The van der Waals surface area contributed by atoms with Crippen LogP contribution in [-0.4, -0.2) is 25.4 Å². The average Bonchev–Trinajstić information content (AvgIpc) is 2.63. The molecule has 0 spiro atoms. The molecule has 1 aliphatic heterocycles. The minimum atomic E-state index is -0.765. The number of ketones is 1. The first-order chi connectivity index (χ1) is 13.7. The number of hydrogen-bond donors (Lipinski definition) is 2. The van der Waals surface area contributed by atoms with Crippen molar-refractivity contribution in [3.63, 3.8) is 0 Å². The topological polar surface area (TPSA) is 138 Å². The summed E-state index contributed by atoms with van der Waals surface area (Å²) in [4.78, 5) is 25.2. The summed E-state index contributed by atoms with van der Waals surface area (Å²) in [5.41, 5.74) is 12.4. The molecule has 1 aromatic rings. The number of benzene rings is 1. The molecule has 1 aromatic carbocycles. The Balaban J connectivity index is 2.16. The predicted octanol–water partition coefficient (Wildman–Crippen LogP) is 2.01. The second-order valence-electron chi connectivity index (χ2n) is 7.81. The maximum atomic E-state index is 13.0. The molecule has 0 saturated carbocycles. The second-order valence-corrected chi connectivity index (χ2v) is 7.81. The molecule has 2 aliphatic rings. The van der Waals surface area contributed by atoms with E-state index in [4.69, 9.17) is 30.9 Å². The summed E-state index contributed by atoms with van der Waals surface area (Å²) in [7, 11) is 1.46. The number of carbonyl (C=O) groups is 2. The quantitative estimate of drug-likeness (QED) is 0.775. The SMILES string of the molecule is COc1cc([C@@H]2C(C(N)=O)=C(N)OC3=C2C(=O)CC(C)(C)C3)ccc1OCC#N. The van der Waals surface area contributed by atoms with Crippen LogP contribution in [-0.2, 0) is 14.3 Å². The van der Waals surface area contributed by atoms with Gasteiger partial charge in [-0.05, 0) is 23.1 Å². The van der Waals surface area contributed by atoms with Gasteiger partial charge in [0, 0.05) is 18.4 Å². The van der Waals surface area contributed by atoms with Gasteiger partial charge in [-0.15, -0.1) is 0 Å². The van der Waals surface area contributed by atoms with Crippen molar-refractivity contribution >= 4 is 11.7 Å². The Morgan fingerprint density at radius 1 is 1.34 bits per heavy atom. The maximum absolute atomic E-state index is 13.0. The number of nitriles is 1. The van der Waals surface area contributed by atoms with Gasteiger partial charge in [0.25, 0.3) is 5.91 Å². The van der Waals surface area contributed by atoms with Crippen molar-refractivity contribution < 1.29 is 23.8 Å². The van der Waals surface area contributed by atoms with Gasteiger partial charge < -0.3 is 25.7 Å². The molecule has 0 aromatic heterocycles. The van der Waals surface area contributed by atoms with Gasteiger partial charge in [0.1, 0.15) is 11.8 Å². The molecule has 1 heterocycles. The van der Waals surface area contributed by atoms with Crippen LogP contribution in [0.5, 0.6) is 11.5 Å². The fourth-order valence-electron chi connectivity index (χ4n) is 3.86. The highest BCUT2D eigenvalue weighted by molar-refractivity contribution is 6.04. The summed E-state index contributed by atoms with van der Waals surface area (Å²) in [6.07, 6.45) is 0.829. The third-order valence-corrected chi connectivity index (χ3v) is 5.03. The van der Waals surface area contributed by atoms with Crippen LogP contribution in [0, 0.1) is 16.7 Å². The maximum Gasteiger partial charge on any atom is 0.250 e. The number of methoxy groups -OCH3 is 1. The Kier molecular flexibility index (Phi) is 5.25. The van der Waals surface area contributed by atoms with Gasteiger partial charge in [0.15, 0.2) is 29.8 Å². The van der Waals surface area contributed by atoms with Crippen LogP contribution >= 0.6 is 0 Å². The first-order valence-corrected chi connectivity index (χ1v) is 9.09. The Bertz CT molecular complexity index is 985. The Hall–Kier alpha value is -3.47. The molecule has 0 bridgehead atoms. The van der Waals surface area contributed by atoms with Crippen molar-refractivity contribution in [3.8, 4) is 17.6 Å². The van der Waals surface area contributed by atoms with Crippen molar-refractivity contribution in [2.45, 2.75) is 32.6 Å². The summed E-state index contributed by atoms with van der Waals surface area (Å²) in [5, 5.41) is 8.73. The summed E-state index contributed by atoms with van der Waals surface area (Å²) >= 11 is 0. The normalized spacial score (nSPS) is 20.5. The van der Waals surface area contributed by atoms with E-state index in [0.717, 1.165) is 0 Å². The molecule has 1 aliphatic carbocycles. The lowest BCUT2D eigenvalue weighted by molar-refractivity contribution is -0.119. The highest BCUT2D eigenvalue weighted by atomic mass is 16.5. The standard InChI is InChI=1S/C21H23N3O5/c1-21(2)9-12(25)17-15(10-21)29-20(24)18(19(23)26)16(17)11-4-5-13(28-7-6-22)14(8-11)27-3/h4-5,8,16H,7,9-10,24H2,1-3H3,(H2,23,26)/t16-/m0/s1. The van der Waals surface area contributed by atoms with Crippen molar-refractivity contribution in [3.05, 3.63) is 46.6 Å². The Morgan fingerprint density at radius 3 is 2.69 bits per heavy atom. The highest BCUT2D eigenvalue weighted by Crippen LogP contribution is 2.48. The summed E-state index contributed by atoms with van der Waals surface area (Å²) in [6.45, 7) is 3.80. The van der Waals surface area contributed by atoms with E-state index in [-0.39, 0.29) is 29.3 Å². The molecule has 1 amide bonds. The number of allylic oxidation sites excluding steroid dienone is 2. The molecule has 0 radical (unpaired) electrons. The van der Waals surface area contributed by atoms with E-state index in [9.17, 15) is 9.59 Å². The van der Waals surface area contributed by atoms with Gasteiger partial charge in [-0.2, -0.15) is 5.26 Å². The summed E-state index contributed by atoms with van der Waals surface area (Å²) < 4.78 is 16.4. The molecule has 0 unspecified atom stereocenters. The number of ether oxygens (including phenoxy) is 3. The number of nitrogens with two attached hydrogens (primary N) is 2. The lowest BCUT2D eigenvalue weighted by Crippen LogP contribution is -2.36. The summed E-state index contributed by atoms with van der Waals surface area (Å²) in [6, 6.07) is 6.85. The summed E-state index contributed by atoms with van der Waals surface area (Å²) in [5.74, 6) is -0.557. The Labute approximate surface area is 168 Å². The molecule has 4 N–H and O–H groups in total. The first kappa shape index (κ1) is 20.3. The molecule has 0 saturated heterocycles. The molecular formula is C21H23N3O5. The van der Waals surface area contributed by atoms with E-state index < -0.39 is 11.8 Å². The third kappa shape index (κ3) is 3.76. The van der Waals surface area contributed by atoms with E-state index in [1.165, 1.54) is 7.11 Å². The van der Waals surface area contributed by atoms with Crippen LogP contribution in [0.1, 0.15) is 38.2 Å². The highest BCUT2D eigenvalue weighted by Gasteiger charge is 2.44. The first-order valence-electron chi connectivity index (χ1n) is 9.09. The van der Waals surface area contributed by atoms with Crippen LogP contribution in [0.4, 0.5) is 0 Å². The number of nitrogens with zero attached hydrogens (tertiary/aromatic N) is 1. The number of hydrogen-bond acceptors (Lipinski definition) is 7. The van der Waals surface area contributed by atoms with Crippen LogP contribution in [0.3, 0.4) is 0 Å². The third-order valence-electron chi connectivity index (χ3n) is 5.03. The molecule has 152 valence electrons. The van der Waals surface area contributed by atoms with Gasteiger partial charge >= 0.3 is 0 Å². The lowest BCUT2D eigenvalue weighted by Gasteiger charge is -2.38. The van der Waals surface area contributed by atoms with E-state index >= 15 is 0 Å². The number of Topliss-reactive ketones (excluding diaryl/α,β-unsaturated/α-hetero) is 1. The molecule has 1 atom stereocenters. The van der Waals surface area contributed by atoms with Crippen molar-refractivity contribution in [1.82, 2.24) is 0 Å². The van der Waals surface area contributed by atoms with Crippen LogP contribution in [0.15, 0.2) is 41.0 Å². The number of carbonyl (C=O) groups excluding carboxylic acids is 2. The average molecular weight is 397 g/mol. The van der Waals surface area contributed by atoms with Crippen molar-refractivity contribution in [2.75, 3.05) is 13.7 Å². The Morgan fingerprint density at radius 2 is 2.07 bits per heavy atom. The smallest absolute Gasteiger partial charge is 0.250 e. The van der Waals surface area contributed by atoms with Crippen molar-refractivity contribution in [1.29, 1.82) is 5.26 Å².